The molecule has 0 aromatic carbocycles. The van der Waals surface area contributed by atoms with Crippen LogP contribution in [0.2, 0.25) is 0 Å². The van der Waals surface area contributed by atoms with E-state index >= 15 is 0 Å². The molecule has 2 aliphatic heterocycles. The molecule has 2 aliphatic rings. The van der Waals surface area contributed by atoms with Crippen LogP contribution in [-0.2, 0) is 27.3 Å². The number of carbonyl (C=O) groups is 3. The van der Waals surface area contributed by atoms with Crippen molar-refractivity contribution in [3.8, 4) is 0 Å². The molecule has 0 radical (unpaired) electrons. The summed E-state index contributed by atoms with van der Waals surface area (Å²) in [5.41, 5.74) is -0.824. The van der Waals surface area contributed by atoms with E-state index in [9.17, 15) is 14.7 Å². The van der Waals surface area contributed by atoms with E-state index < -0.39 is 11.5 Å². The van der Waals surface area contributed by atoms with E-state index in [1.807, 2.05) is 17.7 Å². The third-order valence-electron chi connectivity index (χ3n) is 5.36. The van der Waals surface area contributed by atoms with Gasteiger partial charge in [0.05, 0.1) is 11.5 Å². The van der Waals surface area contributed by atoms with E-state index in [1.165, 1.54) is 0 Å². The maximum absolute atomic E-state index is 12.6. The van der Waals surface area contributed by atoms with Crippen molar-refractivity contribution in [3.63, 3.8) is 0 Å². The van der Waals surface area contributed by atoms with E-state index in [0.717, 1.165) is 18.7 Å². The number of carbonyl (C=O) groups excluding carboxylic acids is 2. The third-order valence-corrected chi connectivity index (χ3v) is 5.36. The van der Waals surface area contributed by atoms with Gasteiger partial charge in [-0.25, -0.2) is 4.98 Å². The van der Waals surface area contributed by atoms with Crippen molar-refractivity contribution in [2.45, 2.75) is 51.7 Å². The number of aryl methyl sites for hydroxylation is 2. The van der Waals surface area contributed by atoms with Gasteiger partial charge in [-0.15, -0.1) is 0 Å². The second-order valence-electron chi connectivity index (χ2n) is 6.88. The number of nitrogens with one attached hydrogen (secondary N) is 1. The Morgan fingerprint density at radius 3 is 2.93 bits per heavy atom. The van der Waals surface area contributed by atoms with Gasteiger partial charge in [-0.3, -0.25) is 14.4 Å². The van der Waals surface area contributed by atoms with E-state index in [4.69, 9.17) is 9.90 Å². The highest BCUT2D eigenvalue weighted by atomic mass is 16.3. The molecular formula is C18H28N4O5. The Morgan fingerprint density at radius 2 is 2.26 bits per heavy atom. The summed E-state index contributed by atoms with van der Waals surface area (Å²) < 4.78 is 2.00. The summed E-state index contributed by atoms with van der Waals surface area (Å²) >= 11 is 0. The molecule has 3 heterocycles. The van der Waals surface area contributed by atoms with Crippen molar-refractivity contribution in [2.75, 3.05) is 19.6 Å². The van der Waals surface area contributed by atoms with E-state index in [2.05, 4.69) is 10.3 Å². The van der Waals surface area contributed by atoms with Crippen LogP contribution in [0, 0.1) is 5.41 Å². The number of hydrogen-bond acceptors (Lipinski definition) is 5. The molecule has 1 aromatic rings. The summed E-state index contributed by atoms with van der Waals surface area (Å²) in [5, 5.41) is 20.1. The van der Waals surface area contributed by atoms with E-state index in [-0.39, 0.29) is 18.3 Å². The minimum atomic E-state index is -0.824. The molecule has 27 heavy (non-hydrogen) atoms. The fourth-order valence-electron chi connectivity index (χ4n) is 3.89. The van der Waals surface area contributed by atoms with Crippen molar-refractivity contribution in [1.29, 1.82) is 0 Å². The fraction of sp³-hybridized carbons (Fsp3) is 0.667. The molecule has 2 amide bonds. The number of piperidine rings is 2. The molecule has 1 spiro atoms. The summed E-state index contributed by atoms with van der Waals surface area (Å²) in [4.78, 5) is 39.3. The monoisotopic (exact) mass is 380 g/mol. The standard InChI is InChI=1S/C17H26N4O3.CH2O2/c1-2-14-18-8-11-20(14)10-5-15(23)21-9-4-13(22)17(12-21)6-3-7-19-16(17)24;2-1-3/h8,11,13,22H,2-7,9-10,12H2,1H3,(H,19,24);1H,(H,2,3)/t13-,17-;/m1./s1. The lowest BCUT2D eigenvalue weighted by atomic mass is 9.71. The van der Waals surface area contributed by atoms with Gasteiger partial charge in [-0.05, 0) is 19.3 Å². The van der Waals surface area contributed by atoms with Crippen molar-refractivity contribution in [2.24, 2.45) is 5.41 Å². The van der Waals surface area contributed by atoms with Crippen molar-refractivity contribution < 1.29 is 24.6 Å². The quantitative estimate of drug-likeness (QED) is 0.633. The lowest BCUT2D eigenvalue weighted by molar-refractivity contribution is -0.154. The lowest BCUT2D eigenvalue weighted by Gasteiger charge is -2.46. The van der Waals surface area contributed by atoms with Crippen LogP contribution in [0.5, 0.6) is 0 Å². The first-order valence-electron chi connectivity index (χ1n) is 9.30. The van der Waals surface area contributed by atoms with Crippen LogP contribution in [0.25, 0.3) is 0 Å². The summed E-state index contributed by atoms with van der Waals surface area (Å²) in [6.07, 6.45) is 6.15. The van der Waals surface area contributed by atoms with Crippen LogP contribution in [-0.4, -0.2) is 68.7 Å². The van der Waals surface area contributed by atoms with Gasteiger partial charge in [0.1, 0.15) is 5.82 Å². The van der Waals surface area contributed by atoms with Crippen LogP contribution >= 0.6 is 0 Å². The summed E-state index contributed by atoms with van der Waals surface area (Å²) in [6.45, 7) is 3.88. The number of imidazole rings is 1. The number of hydrogen-bond donors (Lipinski definition) is 3. The number of aliphatic hydroxyl groups excluding tert-OH is 1. The number of rotatable bonds is 4. The number of amides is 2. The summed E-state index contributed by atoms with van der Waals surface area (Å²) in [6, 6.07) is 0. The fourth-order valence-corrected chi connectivity index (χ4v) is 3.89. The number of nitrogens with zero attached hydrogens (tertiary/aromatic N) is 3. The van der Waals surface area contributed by atoms with Crippen LogP contribution < -0.4 is 5.32 Å². The zero-order valence-corrected chi connectivity index (χ0v) is 15.6. The number of aromatic nitrogens is 2. The molecule has 2 fully saturated rings. The average molecular weight is 380 g/mol. The lowest BCUT2D eigenvalue weighted by Crippen LogP contribution is -2.62. The maximum Gasteiger partial charge on any atom is 0.290 e. The Labute approximate surface area is 158 Å². The van der Waals surface area contributed by atoms with Crippen LogP contribution in [0.3, 0.4) is 0 Å². The maximum atomic E-state index is 12.6. The molecule has 0 aliphatic carbocycles. The molecule has 0 unspecified atom stereocenters. The zero-order chi connectivity index (χ0) is 19.9. The number of carboxylic acid groups (broad SMARTS) is 1. The predicted octanol–water partition coefficient (Wildman–Crippen LogP) is 0.0260. The second kappa shape index (κ2) is 9.50. The minimum Gasteiger partial charge on any atom is -0.483 e. The van der Waals surface area contributed by atoms with Gasteiger partial charge in [0, 0.05) is 51.4 Å². The van der Waals surface area contributed by atoms with E-state index in [1.54, 1.807) is 11.1 Å². The molecule has 9 nitrogen and oxygen atoms in total. The van der Waals surface area contributed by atoms with Gasteiger partial charge in [0.2, 0.25) is 11.8 Å². The molecule has 0 bridgehead atoms. The molecule has 1 aromatic heterocycles. The molecule has 2 saturated heterocycles. The molecular weight excluding hydrogens is 352 g/mol. The number of likely N-dealkylation sites (tertiary alicyclic amines) is 1. The summed E-state index contributed by atoms with van der Waals surface area (Å²) in [5.74, 6) is 0.900. The Hall–Kier alpha value is -2.42. The number of aliphatic hydroxyl groups is 1. The van der Waals surface area contributed by atoms with Crippen molar-refractivity contribution in [3.05, 3.63) is 18.2 Å². The third kappa shape index (κ3) is 4.65. The summed E-state index contributed by atoms with van der Waals surface area (Å²) in [7, 11) is 0. The smallest absolute Gasteiger partial charge is 0.290 e. The minimum absolute atomic E-state index is 0.0374. The first-order chi connectivity index (χ1) is 13.0. The van der Waals surface area contributed by atoms with Crippen LogP contribution in [0.1, 0.15) is 38.4 Å². The molecule has 0 saturated carbocycles. The SMILES string of the molecule is CCc1nccn1CCC(=O)N1CC[C@@H](O)[C@@]2(CCCNC2=O)C1.O=CO. The van der Waals surface area contributed by atoms with Crippen molar-refractivity contribution >= 4 is 18.3 Å². The van der Waals surface area contributed by atoms with Gasteiger partial charge in [-0.1, -0.05) is 6.92 Å². The highest BCUT2D eigenvalue weighted by molar-refractivity contribution is 5.86. The Morgan fingerprint density at radius 1 is 1.52 bits per heavy atom. The highest BCUT2D eigenvalue weighted by Gasteiger charge is 2.50. The molecule has 2 atom stereocenters. The average Bonchev–Trinajstić information content (AvgIpc) is 3.12. The topological polar surface area (TPSA) is 125 Å². The van der Waals surface area contributed by atoms with Gasteiger partial charge in [-0.2, -0.15) is 0 Å². The largest absolute Gasteiger partial charge is 0.483 e. The molecule has 9 heteroatoms. The molecule has 150 valence electrons. The Bertz CT molecular complexity index is 662. The normalized spacial score (nSPS) is 24.7. The first kappa shape index (κ1) is 20.9. The van der Waals surface area contributed by atoms with Crippen LogP contribution in [0.4, 0.5) is 0 Å². The Balaban J connectivity index is 0.000000817. The van der Waals surface area contributed by atoms with E-state index in [0.29, 0.717) is 45.4 Å². The predicted molar refractivity (Wildman–Crippen MR) is 96.8 cm³/mol. The molecule has 3 rings (SSSR count). The zero-order valence-electron chi connectivity index (χ0n) is 15.6. The van der Waals surface area contributed by atoms with Gasteiger partial charge in [0.25, 0.3) is 6.47 Å². The first-order valence-corrected chi connectivity index (χ1v) is 9.30. The molecule has 3 N–H and O–H groups in total. The van der Waals surface area contributed by atoms with Gasteiger partial charge in [0.15, 0.2) is 0 Å². The van der Waals surface area contributed by atoms with Gasteiger partial charge < -0.3 is 25.0 Å². The van der Waals surface area contributed by atoms with Gasteiger partial charge >= 0.3 is 0 Å². The van der Waals surface area contributed by atoms with Crippen molar-refractivity contribution in [1.82, 2.24) is 19.8 Å². The highest BCUT2D eigenvalue weighted by Crippen LogP contribution is 2.37. The second-order valence-corrected chi connectivity index (χ2v) is 6.88. The Kier molecular flexibility index (Phi) is 7.35. The van der Waals surface area contributed by atoms with Crippen LogP contribution in [0.15, 0.2) is 12.4 Å².